The maximum absolute atomic E-state index is 13.4. The number of amides is 1. The highest BCUT2D eigenvalue weighted by Crippen LogP contribution is 2.35. The summed E-state index contributed by atoms with van der Waals surface area (Å²) in [5.41, 5.74) is 7.83. The number of methoxy groups -OCH3 is 3. The maximum atomic E-state index is 13.4. The molecule has 3 heterocycles. The molecule has 0 unspecified atom stereocenters. The normalized spacial score (nSPS) is 12.7. The summed E-state index contributed by atoms with van der Waals surface area (Å²) in [7, 11) is 4.61. The topological polar surface area (TPSA) is 161 Å². The molecule has 0 saturated carbocycles. The number of nitrogens with one attached hydrogen (secondary N) is 2. The van der Waals surface area contributed by atoms with Gasteiger partial charge in [0, 0.05) is 61.4 Å². The molecule has 1 amide bonds. The van der Waals surface area contributed by atoms with Crippen molar-refractivity contribution in [3.05, 3.63) is 119 Å². The molecule has 15 heteroatoms. The zero-order valence-corrected chi connectivity index (χ0v) is 38.1. The monoisotopic (exact) mass is 904 g/mol. The van der Waals surface area contributed by atoms with Gasteiger partial charge in [-0.1, -0.05) is 36.4 Å². The second kappa shape index (κ2) is 25.1. The summed E-state index contributed by atoms with van der Waals surface area (Å²) in [6, 6.07) is 29.2. The maximum Gasteiger partial charge on any atom is 0.339 e. The van der Waals surface area contributed by atoms with Gasteiger partial charge in [0.2, 0.25) is 0 Å². The van der Waals surface area contributed by atoms with Crippen LogP contribution in [0.3, 0.4) is 0 Å². The van der Waals surface area contributed by atoms with E-state index in [0.29, 0.717) is 102 Å². The molecule has 2 N–H and O–H groups in total. The van der Waals surface area contributed by atoms with Crippen LogP contribution in [-0.2, 0) is 52.5 Å². The number of H-pyrrole nitrogens is 1. The van der Waals surface area contributed by atoms with E-state index in [-0.39, 0.29) is 11.3 Å². The van der Waals surface area contributed by atoms with Gasteiger partial charge in [-0.25, -0.2) is 9.78 Å². The molecule has 1 aliphatic rings. The highest BCUT2D eigenvalue weighted by Gasteiger charge is 2.21. The van der Waals surface area contributed by atoms with Gasteiger partial charge in [0.25, 0.3) is 5.91 Å². The smallest absolute Gasteiger partial charge is 0.339 e. The Kier molecular flexibility index (Phi) is 18.3. The number of anilines is 1. The zero-order valence-electron chi connectivity index (χ0n) is 38.1. The Balaban J connectivity index is 0.969. The summed E-state index contributed by atoms with van der Waals surface area (Å²) in [6.07, 6.45) is 1.76. The Morgan fingerprint density at radius 3 is 2.03 bits per heavy atom. The minimum Gasteiger partial charge on any atom is -0.487 e. The SMILES string of the molecule is COCCOCCOCCOc1cc2c(cc1OCCOCCOCCOC)CN(CCc1ccc3[nH]c(-c4ccc(C(=O)OC)c(NC(=O)c5ccc6ccccc6n5)c4)cc3c1)CC2. The minimum atomic E-state index is -0.555. The van der Waals surface area contributed by atoms with Crippen LogP contribution in [0.25, 0.3) is 33.1 Å². The van der Waals surface area contributed by atoms with Crippen molar-refractivity contribution < 1.29 is 52.2 Å². The molecule has 2 aromatic heterocycles. The van der Waals surface area contributed by atoms with E-state index in [1.54, 1.807) is 32.4 Å². The molecule has 7 rings (SSSR count). The number of nitrogens with zero attached hydrogens (tertiary/aromatic N) is 2. The molecule has 0 aliphatic carbocycles. The first-order chi connectivity index (χ1) is 32.4. The first-order valence-electron chi connectivity index (χ1n) is 22.4. The van der Waals surface area contributed by atoms with Gasteiger partial charge in [-0.3, -0.25) is 9.69 Å². The summed E-state index contributed by atoms with van der Waals surface area (Å²) >= 11 is 0. The van der Waals surface area contributed by atoms with Crippen molar-refractivity contribution in [2.75, 3.05) is 119 Å². The molecule has 1 aliphatic heterocycles. The molecule has 15 nitrogen and oxygen atoms in total. The number of aromatic amines is 1. The Labute approximate surface area is 385 Å². The average Bonchev–Trinajstić information content (AvgIpc) is 3.78. The van der Waals surface area contributed by atoms with Crippen molar-refractivity contribution in [2.45, 2.75) is 19.4 Å². The number of hydrogen-bond donors (Lipinski definition) is 2. The zero-order chi connectivity index (χ0) is 45.9. The number of carbonyl (C=O) groups is 2. The van der Waals surface area contributed by atoms with Crippen molar-refractivity contribution in [2.24, 2.45) is 0 Å². The number of rotatable bonds is 27. The van der Waals surface area contributed by atoms with Gasteiger partial charge >= 0.3 is 5.97 Å². The van der Waals surface area contributed by atoms with Crippen molar-refractivity contribution in [3.63, 3.8) is 0 Å². The van der Waals surface area contributed by atoms with Crippen LogP contribution < -0.4 is 14.8 Å². The molecule has 66 heavy (non-hydrogen) atoms. The van der Waals surface area contributed by atoms with E-state index in [9.17, 15) is 9.59 Å². The second-order valence-corrected chi connectivity index (χ2v) is 15.7. The predicted octanol–water partition coefficient (Wildman–Crippen LogP) is 7.14. The molecular formula is C51H60N4O11. The summed E-state index contributed by atoms with van der Waals surface area (Å²) in [4.78, 5) is 36.7. The van der Waals surface area contributed by atoms with Crippen LogP contribution in [0.5, 0.6) is 11.5 Å². The van der Waals surface area contributed by atoms with Gasteiger partial charge in [-0.15, -0.1) is 0 Å². The summed E-state index contributed by atoms with van der Waals surface area (Å²) in [6.45, 7) is 8.32. The van der Waals surface area contributed by atoms with Crippen LogP contribution in [0.4, 0.5) is 5.69 Å². The predicted molar refractivity (Wildman–Crippen MR) is 252 cm³/mol. The van der Waals surface area contributed by atoms with Crippen LogP contribution in [0.15, 0.2) is 91.0 Å². The number of pyridine rings is 1. The van der Waals surface area contributed by atoms with Crippen LogP contribution in [0, 0.1) is 0 Å². The lowest BCUT2D eigenvalue weighted by Crippen LogP contribution is -2.32. The van der Waals surface area contributed by atoms with Crippen molar-refractivity contribution in [1.29, 1.82) is 0 Å². The molecule has 6 aromatic rings. The molecule has 0 bridgehead atoms. The molecular weight excluding hydrogens is 845 g/mol. The fourth-order valence-electron chi connectivity index (χ4n) is 7.65. The number of hydrogen-bond acceptors (Lipinski definition) is 13. The van der Waals surface area contributed by atoms with Crippen molar-refractivity contribution >= 4 is 39.4 Å². The lowest BCUT2D eigenvalue weighted by atomic mass is 9.98. The van der Waals surface area contributed by atoms with E-state index < -0.39 is 11.9 Å². The highest BCUT2D eigenvalue weighted by atomic mass is 16.6. The molecule has 350 valence electrons. The number of fused-ring (bicyclic) bond motifs is 3. The molecule has 0 fully saturated rings. The van der Waals surface area contributed by atoms with E-state index in [2.05, 4.69) is 56.6 Å². The van der Waals surface area contributed by atoms with Crippen molar-refractivity contribution in [3.8, 4) is 22.8 Å². The lowest BCUT2D eigenvalue weighted by molar-refractivity contribution is 0.0159. The molecule has 0 atom stereocenters. The standard InChI is InChI=1S/C51H60N4O11/c1-58-18-20-61-22-24-63-26-28-65-48-33-38-15-17-55(35-41(38)34-49(48)66-29-27-64-25-23-62-21-19-59-2)16-14-36-8-12-44-40(30-36)32-46(53-44)39-9-11-42(51(57)60-3)47(31-39)54-50(56)45-13-10-37-6-4-5-7-43(37)52-45/h4-13,30-34,53H,14-29,35H2,1-3H3,(H,54,56). The van der Waals surface area contributed by atoms with Gasteiger partial charge in [0.15, 0.2) is 11.5 Å². The van der Waals surface area contributed by atoms with Gasteiger partial charge in [0.1, 0.15) is 18.9 Å². The quantitative estimate of drug-likeness (QED) is 0.0397. The molecule has 0 spiro atoms. The third-order valence-corrected chi connectivity index (χ3v) is 11.2. The third kappa shape index (κ3) is 13.6. The first-order valence-corrected chi connectivity index (χ1v) is 22.4. The van der Waals surface area contributed by atoms with E-state index in [1.165, 1.54) is 23.8 Å². The van der Waals surface area contributed by atoms with Crippen LogP contribution >= 0.6 is 0 Å². The largest absolute Gasteiger partial charge is 0.487 e. The van der Waals surface area contributed by atoms with Crippen molar-refractivity contribution in [1.82, 2.24) is 14.9 Å². The number of esters is 1. The Morgan fingerprint density at radius 2 is 1.33 bits per heavy atom. The van der Waals surface area contributed by atoms with Crippen LogP contribution in [0.2, 0.25) is 0 Å². The fraction of sp³-hybridized carbons (Fsp3) is 0.392. The summed E-state index contributed by atoms with van der Waals surface area (Å²) in [5, 5.41) is 4.89. The van der Waals surface area contributed by atoms with Gasteiger partial charge < -0.3 is 52.9 Å². The minimum absolute atomic E-state index is 0.239. The molecule has 0 saturated heterocycles. The van der Waals surface area contributed by atoms with E-state index in [4.69, 9.17) is 42.6 Å². The molecule has 0 radical (unpaired) electrons. The second-order valence-electron chi connectivity index (χ2n) is 15.7. The fourth-order valence-corrected chi connectivity index (χ4v) is 7.65. The first kappa shape index (κ1) is 48.0. The summed E-state index contributed by atoms with van der Waals surface area (Å²) in [5.74, 6) is 0.396. The highest BCUT2D eigenvalue weighted by molar-refractivity contribution is 6.08. The summed E-state index contributed by atoms with van der Waals surface area (Å²) < 4.78 is 50.0. The van der Waals surface area contributed by atoms with E-state index in [1.807, 2.05) is 36.4 Å². The van der Waals surface area contributed by atoms with E-state index >= 15 is 0 Å². The number of carbonyl (C=O) groups excluding carboxylic acids is 2. The average molecular weight is 905 g/mol. The van der Waals surface area contributed by atoms with E-state index in [0.717, 1.165) is 60.0 Å². The number of para-hydroxylation sites is 1. The van der Waals surface area contributed by atoms with Crippen LogP contribution in [0.1, 0.15) is 37.5 Å². The van der Waals surface area contributed by atoms with Crippen LogP contribution in [-0.4, -0.2) is 140 Å². The number of aromatic nitrogens is 2. The number of ether oxygens (including phenoxy) is 9. The van der Waals surface area contributed by atoms with Gasteiger partial charge in [-0.2, -0.15) is 0 Å². The third-order valence-electron chi connectivity index (χ3n) is 11.2. The molecule has 4 aromatic carbocycles. The Bertz CT molecular complexity index is 2510. The van der Waals surface area contributed by atoms with Gasteiger partial charge in [-0.05, 0) is 84.1 Å². The lowest BCUT2D eigenvalue weighted by Gasteiger charge is -2.30. The number of benzene rings is 4. The van der Waals surface area contributed by atoms with Gasteiger partial charge in [0.05, 0.1) is 89.9 Å². The Hall–Kier alpha value is -5.91. The Morgan fingerprint density at radius 1 is 0.667 bits per heavy atom.